The minimum absolute atomic E-state index is 0.0247. The van der Waals surface area contributed by atoms with Crippen LogP contribution in [0.5, 0.6) is 0 Å². The van der Waals surface area contributed by atoms with Crippen LogP contribution >= 0.6 is 0 Å². The summed E-state index contributed by atoms with van der Waals surface area (Å²) in [5.74, 6) is -0.715. The Balaban J connectivity index is 1.65. The number of hydrogen-bond donors (Lipinski definition) is 2. The zero-order chi connectivity index (χ0) is 26.3. The van der Waals surface area contributed by atoms with E-state index in [1.54, 1.807) is 6.07 Å². The van der Waals surface area contributed by atoms with Crippen molar-refractivity contribution in [2.24, 2.45) is 17.6 Å². The monoisotopic (exact) mass is 507 g/mol. The van der Waals surface area contributed by atoms with Crippen LogP contribution in [0.25, 0.3) is 0 Å². The first-order valence-corrected chi connectivity index (χ1v) is 12.2. The van der Waals surface area contributed by atoms with E-state index >= 15 is 0 Å². The average molecular weight is 508 g/mol. The molecule has 2 saturated heterocycles. The summed E-state index contributed by atoms with van der Waals surface area (Å²) in [4.78, 5) is 27.0. The molecule has 0 saturated carbocycles. The second-order valence-corrected chi connectivity index (χ2v) is 10.2. The first-order chi connectivity index (χ1) is 16.9. The maximum atomic E-state index is 13.6. The molecule has 2 atom stereocenters. The number of piperidine rings is 1. The van der Waals surface area contributed by atoms with Crippen molar-refractivity contribution in [2.75, 3.05) is 30.0 Å². The van der Waals surface area contributed by atoms with Crippen LogP contribution < -0.4 is 16.0 Å². The third kappa shape index (κ3) is 5.09. The van der Waals surface area contributed by atoms with Crippen molar-refractivity contribution in [3.8, 4) is 0 Å². The number of carbonyl (C=O) groups is 2. The van der Waals surface area contributed by atoms with Crippen LogP contribution in [0.15, 0.2) is 34.7 Å². The first kappa shape index (κ1) is 26.1. The van der Waals surface area contributed by atoms with Gasteiger partial charge in [-0.1, -0.05) is 6.92 Å². The summed E-state index contributed by atoms with van der Waals surface area (Å²) in [5.41, 5.74) is 4.57. The Morgan fingerprint density at radius 3 is 2.44 bits per heavy atom. The summed E-state index contributed by atoms with van der Waals surface area (Å²) in [6, 6.07) is 6.58. The van der Waals surface area contributed by atoms with Crippen molar-refractivity contribution in [3.05, 3.63) is 47.4 Å². The Hall–Kier alpha value is -3.01. The highest BCUT2D eigenvalue weighted by Gasteiger charge is 2.44. The average Bonchev–Trinajstić information content (AvgIpc) is 3.31. The van der Waals surface area contributed by atoms with Gasteiger partial charge in [0.1, 0.15) is 5.76 Å². The predicted octanol–water partition coefficient (Wildman–Crippen LogP) is 5.17. The number of nitrogens with two attached hydrogens (primary N) is 1. The van der Waals surface area contributed by atoms with Gasteiger partial charge in [-0.25, -0.2) is 0 Å². The van der Waals surface area contributed by atoms with E-state index in [1.165, 1.54) is 12.1 Å². The Morgan fingerprint density at radius 2 is 1.81 bits per heavy atom. The quantitative estimate of drug-likeness (QED) is 0.582. The van der Waals surface area contributed by atoms with Crippen LogP contribution in [0.1, 0.15) is 67.8 Å². The van der Waals surface area contributed by atoms with Crippen molar-refractivity contribution in [1.82, 2.24) is 0 Å². The van der Waals surface area contributed by atoms with Gasteiger partial charge < -0.3 is 25.1 Å². The second kappa shape index (κ2) is 9.80. The molecule has 36 heavy (non-hydrogen) atoms. The number of rotatable bonds is 5. The fraction of sp³-hybridized carbons (Fsp3) is 0.538. The Labute approximate surface area is 208 Å². The van der Waals surface area contributed by atoms with E-state index < -0.39 is 29.1 Å². The lowest BCUT2D eigenvalue weighted by Gasteiger charge is -2.51. The number of furan rings is 1. The molecule has 1 aromatic carbocycles. The topological polar surface area (TPSA) is 97.8 Å². The van der Waals surface area contributed by atoms with Crippen LogP contribution in [0.4, 0.5) is 24.5 Å². The van der Waals surface area contributed by atoms with Crippen molar-refractivity contribution in [3.63, 3.8) is 0 Å². The SMILES string of the molecule is CC1C(C(N)=O)CCN(c2ccc(C(F)(F)F)cc2NC(=O)c2ccc(C3CCOCC3)o2)C1(C)C. The number of carbonyl (C=O) groups excluding carboxylic acids is 2. The summed E-state index contributed by atoms with van der Waals surface area (Å²) in [5, 5.41) is 2.65. The lowest BCUT2D eigenvalue weighted by atomic mass is 9.72. The van der Waals surface area contributed by atoms with E-state index in [0.717, 1.165) is 25.0 Å². The Bertz CT molecular complexity index is 1120. The zero-order valence-electron chi connectivity index (χ0n) is 20.7. The van der Waals surface area contributed by atoms with Gasteiger partial charge in [0.2, 0.25) is 5.91 Å². The number of anilines is 2. The van der Waals surface area contributed by atoms with E-state index in [1.807, 2.05) is 25.7 Å². The van der Waals surface area contributed by atoms with Crippen LogP contribution in [-0.4, -0.2) is 37.1 Å². The minimum atomic E-state index is -4.58. The third-order valence-electron chi connectivity index (χ3n) is 7.78. The van der Waals surface area contributed by atoms with Gasteiger partial charge in [-0.3, -0.25) is 9.59 Å². The van der Waals surface area contributed by atoms with Gasteiger partial charge >= 0.3 is 6.18 Å². The normalized spacial score (nSPS) is 22.9. The van der Waals surface area contributed by atoms with Crippen LogP contribution in [0.2, 0.25) is 0 Å². The van der Waals surface area contributed by atoms with Gasteiger partial charge in [0.15, 0.2) is 5.76 Å². The van der Waals surface area contributed by atoms with Crippen LogP contribution in [-0.2, 0) is 15.7 Å². The van der Waals surface area contributed by atoms with Crippen molar-refractivity contribution >= 4 is 23.2 Å². The van der Waals surface area contributed by atoms with E-state index in [9.17, 15) is 22.8 Å². The van der Waals surface area contributed by atoms with E-state index in [-0.39, 0.29) is 29.2 Å². The molecule has 0 aliphatic carbocycles. The lowest BCUT2D eigenvalue weighted by molar-refractivity contribution is -0.137. The second-order valence-electron chi connectivity index (χ2n) is 10.2. The highest BCUT2D eigenvalue weighted by molar-refractivity contribution is 6.04. The number of primary amides is 1. The summed E-state index contributed by atoms with van der Waals surface area (Å²) in [6.45, 7) is 7.37. The molecule has 2 aliphatic heterocycles. The van der Waals surface area contributed by atoms with E-state index in [0.29, 0.717) is 37.6 Å². The van der Waals surface area contributed by atoms with Gasteiger partial charge in [0, 0.05) is 37.1 Å². The van der Waals surface area contributed by atoms with Gasteiger partial charge in [-0.15, -0.1) is 0 Å². The number of hydrogen-bond acceptors (Lipinski definition) is 5. The molecule has 10 heteroatoms. The number of benzene rings is 1. The highest BCUT2D eigenvalue weighted by atomic mass is 19.4. The molecular weight excluding hydrogens is 475 g/mol. The minimum Gasteiger partial charge on any atom is -0.456 e. The summed E-state index contributed by atoms with van der Waals surface area (Å²) in [7, 11) is 0. The fourth-order valence-corrected chi connectivity index (χ4v) is 5.27. The molecule has 0 spiro atoms. The summed E-state index contributed by atoms with van der Waals surface area (Å²) < 4.78 is 51.8. The summed E-state index contributed by atoms with van der Waals surface area (Å²) >= 11 is 0. The molecule has 2 aliphatic rings. The van der Waals surface area contributed by atoms with Gasteiger partial charge in [0.05, 0.1) is 16.9 Å². The number of halogens is 3. The predicted molar refractivity (Wildman–Crippen MR) is 129 cm³/mol. The maximum absolute atomic E-state index is 13.6. The molecule has 4 rings (SSSR count). The number of nitrogens with zero attached hydrogens (tertiary/aromatic N) is 1. The number of alkyl halides is 3. The first-order valence-electron chi connectivity index (χ1n) is 12.2. The molecule has 3 N–H and O–H groups in total. The van der Waals surface area contributed by atoms with Crippen molar-refractivity contribution in [2.45, 2.75) is 57.7 Å². The molecule has 196 valence electrons. The fourth-order valence-electron chi connectivity index (χ4n) is 5.27. The molecule has 2 fully saturated rings. The lowest BCUT2D eigenvalue weighted by Crippen LogP contribution is -2.58. The highest BCUT2D eigenvalue weighted by Crippen LogP contribution is 2.44. The van der Waals surface area contributed by atoms with E-state index in [2.05, 4.69) is 5.32 Å². The number of ether oxygens (including phenoxy) is 1. The molecule has 1 aromatic heterocycles. The zero-order valence-corrected chi connectivity index (χ0v) is 20.7. The Kier molecular flexibility index (Phi) is 7.10. The standard InChI is InChI=1S/C26H32F3N3O4/c1-15-18(23(30)33)8-11-32(25(15,2)3)20-5-4-17(26(27,28)29)14-19(20)31-24(34)22-7-6-21(36-22)16-9-12-35-13-10-16/h4-7,14-16,18H,8-13H2,1-3H3,(H2,30,33)(H,31,34). The van der Waals surface area contributed by atoms with Gasteiger partial charge in [0.25, 0.3) is 5.91 Å². The van der Waals surface area contributed by atoms with Crippen molar-refractivity contribution in [1.29, 1.82) is 0 Å². The molecular formula is C26H32F3N3O4. The third-order valence-corrected chi connectivity index (χ3v) is 7.78. The van der Waals surface area contributed by atoms with Crippen LogP contribution in [0, 0.1) is 11.8 Å². The van der Waals surface area contributed by atoms with Crippen molar-refractivity contribution < 1.29 is 31.9 Å². The van der Waals surface area contributed by atoms with Crippen LogP contribution in [0.3, 0.4) is 0 Å². The Morgan fingerprint density at radius 1 is 1.11 bits per heavy atom. The molecule has 2 unspecified atom stereocenters. The summed E-state index contributed by atoms with van der Waals surface area (Å²) in [6.07, 6.45) is -2.57. The molecule has 7 nitrogen and oxygen atoms in total. The van der Waals surface area contributed by atoms with Gasteiger partial charge in [-0.2, -0.15) is 13.2 Å². The van der Waals surface area contributed by atoms with Gasteiger partial charge in [-0.05, 0) is 69.4 Å². The molecule has 3 heterocycles. The molecule has 2 amide bonds. The maximum Gasteiger partial charge on any atom is 0.416 e. The largest absolute Gasteiger partial charge is 0.456 e. The molecule has 0 bridgehead atoms. The smallest absolute Gasteiger partial charge is 0.416 e. The van der Waals surface area contributed by atoms with E-state index in [4.69, 9.17) is 14.9 Å². The molecule has 2 aromatic rings. The molecule has 0 radical (unpaired) electrons. The number of nitrogens with one attached hydrogen (secondary N) is 1. The number of amides is 2.